The molecule has 2 saturated heterocycles. The lowest BCUT2D eigenvalue weighted by molar-refractivity contribution is -0.778. The predicted molar refractivity (Wildman–Crippen MR) is 84.7 cm³/mol. The second-order valence-electron chi connectivity index (χ2n) is 6.56. The van der Waals surface area contributed by atoms with Crippen molar-refractivity contribution < 1.29 is 29.7 Å². The first-order valence-electron chi connectivity index (χ1n) is 8.48. The molecular formula is C16H24N3O6+. The third-order valence-corrected chi connectivity index (χ3v) is 4.97. The second-order valence-corrected chi connectivity index (χ2v) is 6.56. The van der Waals surface area contributed by atoms with E-state index >= 15 is 0 Å². The Morgan fingerprint density at radius 1 is 1.24 bits per heavy atom. The molecule has 3 rings (SSSR count). The smallest absolute Gasteiger partial charge is 0.292 e. The van der Waals surface area contributed by atoms with Crippen LogP contribution in [0.4, 0.5) is 0 Å². The van der Waals surface area contributed by atoms with Crippen LogP contribution in [-0.2, 0) is 4.74 Å². The summed E-state index contributed by atoms with van der Waals surface area (Å²) in [5.41, 5.74) is 0.846. The normalized spacial score (nSPS) is 36.2. The Labute approximate surface area is 145 Å². The molecule has 0 spiro atoms. The molecule has 25 heavy (non-hydrogen) atoms. The summed E-state index contributed by atoms with van der Waals surface area (Å²) in [6.07, 6.45) is -0.0110. The molecule has 9 nitrogen and oxygen atoms in total. The van der Waals surface area contributed by atoms with E-state index in [4.69, 9.17) is 4.74 Å². The molecule has 6 atom stereocenters. The third-order valence-electron chi connectivity index (χ3n) is 4.97. The fourth-order valence-electron chi connectivity index (χ4n) is 3.55. The van der Waals surface area contributed by atoms with Gasteiger partial charge in [0.1, 0.15) is 18.3 Å². The van der Waals surface area contributed by atoms with Gasteiger partial charge in [-0.1, -0.05) is 0 Å². The number of nitrogens with zero attached hydrogens (tertiary/aromatic N) is 3. The lowest BCUT2D eigenvalue weighted by Crippen LogP contribution is -2.62. The molecule has 3 heterocycles. The van der Waals surface area contributed by atoms with E-state index in [1.165, 1.54) is 5.01 Å². The van der Waals surface area contributed by atoms with E-state index in [1.54, 1.807) is 23.0 Å². The molecule has 2 aliphatic heterocycles. The van der Waals surface area contributed by atoms with Crippen molar-refractivity contribution in [3.05, 3.63) is 35.0 Å². The Morgan fingerprint density at radius 3 is 2.76 bits per heavy atom. The van der Waals surface area contributed by atoms with Gasteiger partial charge in [-0.25, -0.2) is 0 Å². The van der Waals surface area contributed by atoms with Gasteiger partial charge in [0, 0.05) is 18.2 Å². The maximum absolute atomic E-state index is 11.1. The SMILES string of the molecule is O=NN1CCCC[C@@H]1c1ccc[n+]([C@@H]2O[C@H](CO)[C@@H](O)[C@H](O)[C@H]2O)c1. The van der Waals surface area contributed by atoms with Crippen molar-refractivity contribution in [2.24, 2.45) is 5.29 Å². The monoisotopic (exact) mass is 354 g/mol. The number of aromatic nitrogens is 1. The summed E-state index contributed by atoms with van der Waals surface area (Å²) in [6.45, 7) is 0.121. The van der Waals surface area contributed by atoms with Gasteiger partial charge in [0.25, 0.3) is 6.23 Å². The summed E-state index contributed by atoms with van der Waals surface area (Å²) in [5.74, 6) is 0. The zero-order valence-electron chi connectivity index (χ0n) is 13.8. The highest BCUT2D eigenvalue weighted by atomic mass is 16.6. The maximum atomic E-state index is 11.1. The molecule has 138 valence electrons. The van der Waals surface area contributed by atoms with Gasteiger partial charge in [-0.05, 0) is 25.3 Å². The summed E-state index contributed by atoms with van der Waals surface area (Å²) in [6, 6.07) is 3.48. The Bertz CT molecular complexity index is 601. The number of pyridine rings is 1. The van der Waals surface area contributed by atoms with Gasteiger partial charge in [0.2, 0.25) is 0 Å². The Balaban J connectivity index is 1.86. The molecule has 1 aromatic rings. The molecule has 0 unspecified atom stereocenters. The quantitative estimate of drug-likeness (QED) is 0.410. The van der Waals surface area contributed by atoms with Crippen LogP contribution in [0.25, 0.3) is 0 Å². The molecule has 0 saturated carbocycles. The number of nitroso groups, excluding NO2 is 1. The molecule has 2 aliphatic rings. The van der Waals surface area contributed by atoms with E-state index in [0.717, 1.165) is 24.8 Å². The van der Waals surface area contributed by atoms with Crippen LogP contribution < -0.4 is 4.57 Å². The molecule has 4 N–H and O–H groups in total. The van der Waals surface area contributed by atoms with Crippen LogP contribution in [-0.4, -0.2) is 63.0 Å². The third kappa shape index (κ3) is 3.51. The van der Waals surface area contributed by atoms with Crippen molar-refractivity contribution in [1.29, 1.82) is 0 Å². The summed E-state index contributed by atoms with van der Waals surface area (Å²) >= 11 is 0. The van der Waals surface area contributed by atoms with E-state index in [2.05, 4.69) is 5.29 Å². The minimum Gasteiger partial charge on any atom is -0.394 e. The molecule has 0 amide bonds. The van der Waals surface area contributed by atoms with E-state index in [-0.39, 0.29) is 6.04 Å². The first kappa shape index (κ1) is 18.2. The van der Waals surface area contributed by atoms with Crippen LogP contribution in [0.3, 0.4) is 0 Å². The van der Waals surface area contributed by atoms with Crippen molar-refractivity contribution in [3.63, 3.8) is 0 Å². The van der Waals surface area contributed by atoms with Gasteiger partial charge in [-0.2, -0.15) is 4.57 Å². The van der Waals surface area contributed by atoms with E-state index in [1.807, 2.05) is 6.07 Å². The second kappa shape index (κ2) is 7.71. The Kier molecular flexibility index (Phi) is 5.60. The highest BCUT2D eigenvalue weighted by molar-refractivity contribution is 5.12. The molecular weight excluding hydrogens is 330 g/mol. The average molecular weight is 354 g/mol. The highest BCUT2D eigenvalue weighted by Crippen LogP contribution is 2.31. The number of ether oxygens (including phenoxy) is 1. The number of aliphatic hydroxyl groups excluding tert-OH is 4. The van der Waals surface area contributed by atoms with Crippen LogP contribution in [0.2, 0.25) is 0 Å². The van der Waals surface area contributed by atoms with Crippen molar-refractivity contribution in [2.45, 2.75) is 55.9 Å². The van der Waals surface area contributed by atoms with Gasteiger partial charge in [-0.3, -0.25) is 5.01 Å². The van der Waals surface area contributed by atoms with E-state index in [0.29, 0.717) is 6.54 Å². The topological polar surface area (TPSA) is 127 Å². The Hall–Kier alpha value is -1.65. The molecule has 1 aromatic heterocycles. The van der Waals surface area contributed by atoms with Crippen LogP contribution in [0.1, 0.15) is 37.1 Å². The van der Waals surface area contributed by atoms with Crippen molar-refractivity contribution >= 4 is 0 Å². The van der Waals surface area contributed by atoms with E-state index < -0.39 is 37.3 Å². The summed E-state index contributed by atoms with van der Waals surface area (Å²) in [7, 11) is 0. The van der Waals surface area contributed by atoms with Gasteiger partial charge in [-0.15, -0.1) is 4.91 Å². The molecule has 9 heteroatoms. The van der Waals surface area contributed by atoms with Gasteiger partial charge in [0.15, 0.2) is 18.5 Å². The first-order chi connectivity index (χ1) is 12.1. The summed E-state index contributed by atoms with van der Waals surface area (Å²) < 4.78 is 7.14. The van der Waals surface area contributed by atoms with Crippen molar-refractivity contribution in [1.82, 2.24) is 5.01 Å². The molecule has 0 aromatic carbocycles. The number of aliphatic hydroxyl groups is 4. The van der Waals surface area contributed by atoms with Gasteiger partial charge in [0.05, 0.1) is 17.9 Å². The minimum atomic E-state index is -1.44. The lowest BCUT2D eigenvalue weighted by Gasteiger charge is -2.37. The van der Waals surface area contributed by atoms with Gasteiger partial charge < -0.3 is 25.2 Å². The van der Waals surface area contributed by atoms with E-state index in [9.17, 15) is 25.3 Å². The highest BCUT2D eigenvalue weighted by Gasteiger charge is 2.48. The standard InChI is InChI=1S/C16H24N3O6/c20-9-12-13(21)14(22)15(23)16(25-12)18-6-3-4-10(8-18)11-5-1-2-7-19(11)17-24/h3-4,6,8,11-16,20-23H,1-2,5,7,9H2/q+1/t11-,12-,13-,14+,15-,16-/m1/s1. The zero-order valence-corrected chi connectivity index (χ0v) is 13.8. The predicted octanol–water partition coefficient (Wildman–Crippen LogP) is -0.845. The first-order valence-corrected chi connectivity index (χ1v) is 8.48. The van der Waals surface area contributed by atoms with Crippen LogP contribution in [0.5, 0.6) is 0 Å². The van der Waals surface area contributed by atoms with Gasteiger partial charge >= 0.3 is 0 Å². The van der Waals surface area contributed by atoms with Crippen molar-refractivity contribution in [2.75, 3.05) is 13.2 Å². The van der Waals surface area contributed by atoms with Crippen LogP contribution >= 0.6 is 0 Å². The lowest BCUT2D eigenvalue weighted by atomic mass is 9.97. The largest absolute Gasteiger partial charge is 0.394 e. The fraction of sp³-hybridized carbons (Fsp3) is 0.688. The number of rotatable bonds is 4. The molecule has 0 bridgehead atoms. The molecule has 2 fully saturated rings. The molecule has 0 radical (unpaired) electrons. The summed E-state index contributed by atoms with van der Waals surface area (Å²) in [4.78, 5) is 11.1. The number of hydrogen-bond acceptors (Lipinski definition) is 7. The number of piperidine rings is 1. The van der Waals surface area contributed by atoms with Crippen molar-refractivity contribution in [3.8, 4) is 0 Å². The number of hydrogen-bond donors (Lipinski definition) is 4. The fourth-order valence-corrected chi connectivity index (χ4v) is 3.55. The average Bonchev–Trinajstić information content (AvgIpc) is 2.66. The summed E-state index contributed by atoms with van der Waals surface area (Å²) in [5, 5.41) is 44.0. The zero-order chi connectivity index (χ0) is 18.0. The van der Waals surface area contributed by atoms with Crippen LogP contribution in [0.15, 0.2) is 29.8 Å². The molecule has 0 aliphatic carbocycles. The van der Waals surface area contributed by atoms with Crippen LogP contribution in [0, 0.1) is 4.91 Å². The maximum Gasteiger partial charge on any atom is 0.292 e. The Morgan fingerprint density at radius 2 is 2.04 bits per heavy atom. The minimum absolute atomic E-state index is 0.149.